The highest BCUT2D eigenvalue weighted by Crippen LogP contribution is 2.13. The second-order valence-corrected chi connectivity index (χ2v) is 6.41. The van der Waals surface area contributed by atoms with Crippen molar-refractivity contribution in [2.75, 3.05) is 6.61 Å². The van der Waals surface area contributed by atoms with Gasteiger partial charge in [-0.25, -0.2) is 0 Å². The minimum Gasteiger partial charge on any atom is -0.494 e. The monoisotopic (exact) mass is 360 g/mol. The molecule has 132 valence electrons. The zero-order valence-corrected chi connectivity index (χ0v) is 15.0. The number of carbonyl (C=O) groups excluding carboxylic acids is 2. The van der Waals surface area contributed by atoms with Gasteiger partial charge in [-0.15, -0.1) is 0 Å². The molecule has 0 heterocycles. The smallest absolute Gasteiger partial charge is 0.269 e. The molecule has 0 fully saturated rings. The van der Waals surface area contributed by atoms with Gasteiger partial charge in [0.25, 0.3) is 11.8 Å². The lowest BCUT2D eigenvalue weighted by molar-refractivity contribution is 0.0846. The van der Waals surface area contributed by atoms with Crippen LogP contribution in [0.5, 0.6) is 5.75 Å². The van der Waals surface area contributed by atoms with E-state index in [1.807, 2.05) is 0 Å². The Kier molecular flexibility index (Phi) is 6.83. The van der Waals surface area contributed by atoms with Crippen molar-refractivity contribution in [3.8, 4) is 5.75 Å². The Morgan fingerprint density at radius 1 is 1.00 bits per heavy atom. The predicted octanol–water partition coefficient (Wildman–Crippen LogP) is 3.84. The molecule has 2 amide bonds. The van der Waals surface area contributed by atoms with Gasteiger partial charge in [-0.2, -0.15) is 0 Å². The van der Waals surface area contributed by atoms with Gasteiger partial charge in [0.15, 0.2) is 0 Å². The van der Waals surface area contributed by atoms with Gasteiger partial charge in [-0.05, 0) is 54.8 Å². The molecule has 0 aliphatic carbocycles. The maximum Gasteiger partial charge on any atom is 0.269 e. The molecule has 2 aromatic rings. The molecular formula is C19H21ClN2O3. The zero-order chi connectivity index (χ0) is 18.2. The number of hydrazine groups is 1. The first-order chi connectivity index (χ1) is 12.0. The number of halogens is 1. The summed E-state index contributed by atoms with van der Waals surface area (Å²) in [5.74, 6) is 0.432. The summed E-state index contributed by atoms with van der Waals surface area (Å²) in [4.78, 5) is 24.0. The molecule has 0 aliphatic heterocycles. The SMILES string of the molecule is CC(C)CCOc1ccc(C(=O)NNC(=O)c2cccc(Cl)c2)cc1. The maximum absolute atomic E-state index is 12.1. The highest BCUT2D eigenvalue weighted by Gasteiger charge is 2.09. The van der Waals surface area contributed by atoms with Crippen LogP contribution in [0.2, 0.25) is 5.02 Å². The Bertz CT molecular complexity index is 730. The summed E-state index contributed by atoms with van der Waals surface area (Å²) >= 11 is 5.84. The second-order valence-electron chi connectivity index (χ2n) is 5.97. The standard InChI is InChI=1S/C19H21ClN2O3/c1-13(2)10-11-25-17-8-6-14(7-9-17)18(23)21-22-19(24)15-4-3-5-16(20)12-15/h3-9,12-13H,10-11H2,1-2H3,(H,21,23)(H,22,24). The maximum atomic E-state index is 12.1. The lowest BCUT2D eigenvalue weighted by Gasteiger charge is -2.10. The number of amides is 2. The van der Waals surface area contributed by atoms with Crippen molar-refractivity contribution in [2.24, 2.45) is 5.92 Å². The van der Waals surface area contributed by atoms with Crippen LogP contribution in [0.4, 0.5) is 0 Å². The normalized spacial score (nSPS) is 10.4. The molecule has 0 spiro atoms. The minimum atomic E-state index is -0.440. The van der Waals surface area contributed by atoms with Gasteiger partial charge < -0.3 is 4.74 Å². The summed E-state index contributed by atoms with van der Waals surface area (Å²) < 4.78 is 5.60. The van der Waals surface area contributed by atoms with Crippen LogP contribution in [0.1, 0.15) is 41.0 Å². The molecule has 2 rings (SSSR count). The average Bonchev–Trinajstić information content (AvgIpc) is 2.59. The van der Waals surface area contributed by atoms with E-state index in [0.29, 0.717) is 34.4 Å². The van der Waals surface area contributed by atoms with Crippen LogP contribution in [0.3, 0.4) is 0 Å². The number of ether oxygens (including phenoxy) is 1. The largest absolute Gasteiger partial charge is 0.494 e. The number of hydrogen-bond acceptors (Lipinski definition) is 3. The minimum absolute atomic E-state index is 0.363. The third-order valence-corrected chi connectivity index (χ3v) is 3.69. The molecule has 0 saturated carbocycles. The van der Waals surface area contributed by atoms with Crippen molar-refractivity contribution in [1.82, 2.24) is 10.9 Å². The molecule has 0 saturated heterocycles. The topological polar surface area (TPSA) is 67.4 Å². The lowest BCUT2D eigenvalue weighted by Crippen LogP contribution is -2.41. The van der Waals surface area contributed by atoms with E-state index in [1.54, 1.807) is 42.5 Å². The summed E-state index contributed by atoms with van der Waals surface area (Å²) in [6.45, 7) is 4.90. The van der Waals surface area contributed by atoms with Gasteiger partial charge >= 0.3 is 0 Å². The average molecular weight is 361 g/mol. The van der Waals surface area contributed by atoms with E-state index in [0.717, 1.165) is 6.42 Å². The van der Waals surface area contributed by atoms with Crippen molar-refractivity contribution in [3.63, 3.8) is 0 Å². The fourth-order valence-corrected chi connectivity index (χ4v) is 2.19. The van der Waals surface area contributed by atoms with E-state index in [2.05, 4.69) is 24.7 Å². The van der Waals surface area contributed by atoms with E-state index in [9.17, 15) is 9.59 Å². The van der Waals surface area contributed by atoms with E-state index in [-0.39, 0.29) is 0 Å². The van der Waals surface area contributed by atoms with Crippen LogP contribution >= 0.6 is 11.6 Å². The predicted molar refractivity (Wildman–Crippen MR) is 97.8 cm³/mol. The third kappa shape index (κ3) is 6.12. The Morgan fingerprint density at radius 3 is 2.24 bits per heavy atom. The van der Waals surface area contributed by atoms with Gasteiger partial charge in [0.1, 0.15) is 5.75 Å². The summed E-state index contributed by atoms with van der Waals surface area (Å²) in [6, 6.07) is 13.2. The number of nitrogens with one attached hydrogen (secondary N) is 2. The Labute approximate surface area is 152 Å². The van der Waals surface area contributed by atoms with Gasteiger partial charge in [0.2, 0.25) is 0 Å². The van der Waals surface area contributed by atoms with Crippen molar-refractivity contribution in [2.45, 2.75) is 20.3 Å². The number of hydrogen-bond donors (Lipinski definition) is 2. The molecule has 0 radical (unpaired) electrons. The third-order valence-electron chi connectivity index (χ3n) is 3.46. The van der Waals surface area contributed by atoms with Crippen molar-refractivity contribution in [3.05, 3.63) is 64.7 Å². The molecule has 6 heteroatoms. The van der Waals surface area contributed by atoms with Gasteiger partial charge in [-0.3, -0.25) is 20.4 Å². The molecule has 5 nitrogen and oxygen atoms in total. The van der Waals surface area contributed by atoms with Crippen molar-refractivity contribution >= 4 is 23.4 Å². The molecule has 25 heavy (non-hydrogen) atoms. The Morgan fingerprint density at radius 2 is 1.64 bits per heavy atom. The summed E-state index contributed by atoms with van der Waals surface area (Å²) in [7, 11) is 0. The van der Waals surface area contributed by atoms with Gasteiger partial charge in [0, 0.05) is 16.1 Å². The van der Waals surface area contributed by atoms with Crippen LogP contribution < -0.4 is 15.6 Å². The summed E-state index contributed by atoms with van der Waals surface area (Å²) in [5.41, 5.74) is 5.51. The van der Waals surface area contributed by atoms with Crippen molar-refractivity contribution in [1.29, 1.82) is 0 Å². The number of carbonyl (C=O) groups is 2. The van der Waals surface area contributed by atoms with Crippen LogP contribution in [-0.4, -0.2) is 18.4 Å². The molecule has 2 aromatic carbocycles. The molecular weight excluding hydrogens is 340 g/mol. The summed E-state index contributed by atoms with van der Waals surface area (Å²) in [5, 5.41) is 0.451. The summed E-state index contributed by atoms with van der Waals surface area (Å²) in [6.07, 6.45) is 0.970. The molecule has 0 aliphatic rings. The van der Waals surface area contributed by atoms with Crippen LogP contribution in [0.25, 0.3) is 0 Å². The van der Waals surface area contributed by atoms with Crippen LogP contribution in [0.15, 0.2) is 48.5 Å². The fraction of sp³-hybridized carbons (Fsp3) is 0.263. The number of benzene rings is 2. The van der Waals surface area contributed by atoms with Crippen LogP contribution in [0, 0.1) is 5.92 Å². The first-order valence-corrected chi connectivity index (χ1v) is 8.42. The molecule has 0 unspecified atom stereocenters. The highest BCUT2D eigenvalue weighted by molar-refractivity contribution is 6.30. The first-order valence-electron chi connectivity index (χ1n) is 8.05. The van der Waals surface area contributed by atoms with E-state index in [4.69, 9.17) is 16.3 Å². The van der Waals surface area contributed by atoms with E-state index >= 15 is 0 Å². The fourth-order valence-electron chi connectivity index (χ4n) is 2.00. The molecule has 2 N–H and O–H groups in total. The van der Waals surface area contributed by atoms with E-state index in [1.165, 1.54) is 6.07 Å². The van der Waals surface area contributed by atoms with E-state index < -0.39 is 11.8 Å². The van der Waals surface area contributed by atoms with Gasteiger partial charge in [-0.1, -0.05) is 31.5 Å². The molecule has 0 aromatic heterocycles. The van der Waals surface area contributed by atoms with Crippen LogP contribution in [-0.2, 0) is 0 Å². The Hall–Kier alpha value is -2.53. The molecule has 0 bridgehead atoms. The highest BCUT2D eigenvalue weighted by atomic mass is 35.5. The number of rotatable bonds is 6. The van der Waals surface area contributed by atoms with Crippen molar-refractivity contribution < 1.29 is 14.3 Å². The first kappa shape index (κ1) is 18.8. The zero-order valence-electron chi connectivity index (χ0n) is 14.2. The second kappa shape index (κ2) is 9.08. The molecule has 0 atom stereocenters. The Balaban J connectivity index is 1.85. The lowest BCUT2D eigenvalue weighted by atomic mass is 10.1. The van der Waals surface area contributed by atoms with Gasteiger partial charge in [0.05, 0.1) is 6.61 Å². The quantitative estimate of drug-likeness (QED) is 0.769.